The number of carbonyl (C=O) groups is 1. The number of amides is 1. The summed E-state index contributed by atoms with van der Waals surface area (Å²) in [5, 5.41) is 10.5. The third-order valence-corrected chi connectivity index (χ3v) is 4.79. The molecule has 0 fully saturated rings. The fraction of sp³-hybridized carbons (Fsp3) is 0.579. The van der Waals surface area contributed by atoms with E-state index < -0.39 is 0 Å². The number of hydrazone groups is 1. The third-order valence-electron chi connectivity index (χ3n) is 4.55. The Morgan fingerprint density at radius 3 is 2.75 bits per heavy atom. The topological polar surface area (TPSA) is 44.7 Å². The van der Waals surface area contributed by atoms with Crippen LogP contribution in [0, 0.1) is 0 Å². The average Bonchev–Trinajstić information content (AvgIpc) is 3.02. The summed E-state index contributed by atoms with van der Waals surface area (Å²) in [5.74, 6) is -0.0327. The fourth-order valence-corrected chi connectivity index (χ4v) is 3.18. The summed E-state index contributed by atoms with van der Waals surface area (Å²) in [6.07, 6.45) is 4.67. The Labute approximate surface area is 150 Å². The van der Waals surface area contributed by atoms with Crippen molar-refractivity contribution in [3.8, 4) is 0 Å². The van der Waals surface area contributed by atoms with Crippen LogP contribution in [0.1, 0.15) is 64.5 Å². The van der Waals surface area contributed by atoms with Gasteiger partial charge in [-0.1, -0.05) is 50.9 Å². The van der Waals surface area contributed by atoms with Crippen LogP contribution >= 0.6 is 11.6 Å². The van der Waals surface area contributed by atoms with Crippen LogP contribution in [0.15, 0.2) is 29.4 Å². The van der Waals surface area contributed by atoms with Gasteiger partial charge in [0.15, 0.2) is 0 Å². The van der Waals surface area contributed by atoms with Gasteiger partial charge in [-0.2, -0.15) is 5.10 Å². The van der Waals surface area contributed by atoms with Crippen molar-refractivity contribution < 1.29 is 4.79 Å². The van der Waals surface area contributed by atoms with Gasteiger partial charge in [0.05, 0.1) is 6.04 Å². The van der Waals surface area contributed by atoms with Gasteiger partial charge in [-0.3, -0.25) is 9.80 Å². The van der Waals surface area contributed by atoms with Gasteiger partial charge >= 0.3 is 0 Å². The number of nitrogens with zero attached hydrogens (tertiary/aromatic N) is 2. The van der Waals surface area contributed by atoms with Crippen molar-refractivity contribution >= 4 is 23.2 Å². The van der Waals surface area contributed by atoms with Crippen LogP contribution in [0.25, 0.3) is 0 Å². The molecule has 0 saturated heterocycles. The molecule has 24 heavy (non-hydrogen) atoms. The highest BCUT2D eigenvalue weighted by atomic mass is 35.5. The molecule has 1 N–H and O–H groups in total. The largest absolute Gasteiger partial charge is 0.348 e. The Morgan fingerprint density at radius 1 is 1.38 bits per heavy atom. The molecule has 1 aliphatic rings. The minimum absolute atomic E-state index is 0.0327. The van der Waals surface area contributed by atoms with Crippen LogP contribution in [0.4, 0.5) is 0 Å². The van der Waals surface area contributed by atoms with E-state index in [1.54, 1.807) is 0 Å². The van der Waals surface area contributed by atoms with E-state index in [0.29, 0.717) is 12.1 Å². The molecule has 0 radical (unpaired) electrons. The maximum atomic E-state index is 12.5. The van der Waals surface area contributed by atoms with E-state index in [9.17, 15) is 4.79 Å². The molecule has 0 bridgehead atoms. The molecule has 1 aromatic carbocycles. The van der Waals surface area contributed by atoms with Crippen LogP contribution in [-0.2, 0) is 4.79 Å². The molecule has 2 rings (SSSR count). The molecule has 0 aliphatic carbocycles. The van der Waals surface area contributed by atoms with E-state index in [4.69, 9.17) is 11.6 Å². The van der Waals surface area contributed by atoms with Crippen LogP contribution in [0.3, 0.4) is 0 Å². The monoisotopic (exact) mass is 349 g/mol. The highest BCUT2D eigenvalue weighted by molar-refractivity contribution is 6.39. The molecule has 1 aliphatic heterocycles. The highest BCUT2D eigenvalue weighted by Gasteiger charge is 2.31. The minimum Gasteiger partial charge on any atom is -0.348 e. The van der Waals surface area contributed by atoms with Gasteiger partial charge in [0.25, 0.3) is 5.91 Å². The van der Waals surface area contributed by atoms with E-state index in [1.807, 2.05) is 18.2 Å². The second-order valence-electron chi connectivity index (χ2n) is 6.33. The summed E-state index contributed by atoms with van der Waals surface area (Å²) >= 11 is 6.15. The van der Waals surface area contributed by atoms with Gasteiger partial charge < -0.3 is 5.32 Å². The van der Waals surface area contributed by atoms with E-state index >= 15 is 0 Å². The molecule has 1 unspecified atom stereocenters. The number of carbonyl (C=O) groups excluding carboxylic acids is 1. The predicted octanol–water partition coefficient (Wildman–Crippen LogP) is 4.55. The normalized spacial score (nSPS) is 17.3. The van der Waals surface area contributed by atoms with Gasteiger partial charge in [-0.15, -0.1) is 0 Å². The average molecular weight is 350 g/mol. The number of unbranched alkanes of at least 4 members (excludes halogenated alkanes) is 1. The van der Waals surface area contributed by atoms with E-state index in [1.165, 1.54) is 0 Å². The van der Waals surface area contributed by atoms with Crippen molar-refractivity contribution in [2.24, 2.45) is 5.10 Å². The molecule has 0 spiro atoms. The molecule has 4 nitrogen and oxygen atoms in total. The second-order valence-corrected chi connectivity index (χ2v) is 6.76. The van der Waals surface area contributed by atoms with Crippen molar-refractivity contribution in [3.05, 3.63) is 34.9 Å². The van der Waals surface area contributed by atoms with Gasteiger partial charge in [0.1, 0.15) is 5.71 Å². The van der Waals surface area contributed by atoms with Crippen LogP contribution < -0.4 is 5.32 Å². The zero-order chi connectivity index (χ0) is 17.5. The van der Waals surface area contributed by atoms with Crippen LogP contribution in [0.5, 0.6) is 0 Å². The lowest BCUT2D eigenvalue weighted by Gasteiger charge is -2.23. The summed E-state index contributed by atoms with van der Waals surface area (Å²) in [4.78, 5) is 12.5. The van der Waals surface area contributed by atoms with E-state index in [-0.39, 0.29) is 18.0 Å². The molecule has 0 aromatic heterocycles. The Kier molecular flexibility index (Phi) is 7.10. The highest BCUT2D eigenvalue weighted by Crippen LogP contribution is 2.32. The Bertz CT molecular complexity index is 584. The molecular weight excluding hydrogens is 322 g/mol. The minimum atomic E-state index is -0.0327. The van der Waals surface area contributed by atoms with Crippen molar-refractivity contribution in [1.82, 2.24) is 10.3 Å². The van der Waals surface area contributed by atoms with Crippen molar-refractivity contribution in [2.75, 3.05) is 6.54 Å². The molecule has 1 heterocycles. The summed E-state index contributed by atoms with van der Waals surface area (Å²) in [6, 6.07) is 8.18. The van der Waals surface area contributed by atoms with Crippen LogP contribution in [0.2, 0.25) is 5.02 Å². The number of halogens is 1. The van der Waals surface area contributed by atoms with Gasteiger partial charge in [-0.05, 0) is 37.0 Å². The fourth-order valence-electron chi connectivity index (χ4n) is 2.98. The maximum absolute atomic E-state index is 12.5. The summed E-state index contributed by atoms with van der Waals surface area (Å²) in [5.41, 5.74) is 1.75. The maximum Gasteiger partial charge on any atom is 0.267 e. The SMILES string of the molecule is CCCCN1N=C(C(=O)NC(CC)CC)CC1c1cccc(Cl)c1. The first-order valence-electron chi connectivity index (χ1n) is 8.99. The second kappa shape index (κ2) is 9.07. The van der Waals surface area contributed by atoms with Crippen molar-refractivity contribution in [3.63, 3.8) is 0 Å². The molecule has 5 heteroatoms. The lowest BCUT2D eigenvalue weighted by atomic mass is 10.0. The molecule has 1 aromatic rings. The van der Waals surface area contributed by atoms with Gasteiger partial charge in [0.2, 0.25) is 0 Å². The van der Waals surface area contributed by atoms with E-state index in [0.717, 1.165) is 42.8 Å². The molecule has 1 amide bonds. The standard InChI is InChI=1S/C19H28ClN3O/c1-4-7-11-23-18(14-9-8-10-15(20)12-14)13-17(22-23)19(24)21-16(5-2)6-3/h8-10,12,16,18H,4-7,11,13H2,1-3H3,(H,21,24). The van der Waals surface area contributed by atoms with Gasteiger partial charge in [-0.25, -0.2) is 0 Å². The first-order valence-corrected chi connectivity index (χ1v) is 9.37. The number of benzene rings is 1. The van der Waals surface area contributed by atoms with E-state index in [2.05, 4.69) is 42.3 Å². The Hall–Kier alpha value is -1.55. The Morgan fingerprint density at radius 2 is 2.12 bits per heavy atom. The number of hydrogen-bond donors (Lipinski definition) is 1. The Balaban J connectivity index is 2.14. The molecule has 0 saturated carbocycles. The van der Waals surface area contributed by atoms with Crippen molar-refractivity contribution in [2.45, 2.75) is 65.0 Å². The van der Waals surface area contributed by atoms with Crippen LogP contribution in [-0.4, -0.2) is 29.2 Å². The molecule has 1 atom stereocenters. The van der Waals surface area contributed by atoms with Gasteiger partial charge in [0, 0.05) is 24.0 Å². The predicted molar refractivity (Wildman–Crippen MR) is 100 cm³/mol. The zero-order valence-electron chi connectivity index (χ0n) is 14.9. The van der Waals surface area contributed by atoms with Crippen molar-refractivity contribution in [1.29, 1.82) is 0 Å². The first-order chi connectivity index (χ1) is 11.6. The zero-order valence-corrected chi connectivity index (χ0v) is 15.6. The smallest absolute Gasteiger partial charge is 0.267 e. The number of nitrogens with one attached hydrogen (secondary N) is 1. The lowest BCUT2D eigenvalue weighted by Crippen LogP contribution is -2.38. The molecular formula is C19H28ClN3O. The summed E-state index contributed by atoms with van der Waals surface area (Å²) in [6.45, 7) is 7.20. The first kappa shape index (κ1) is 18.8. The lowest BCUT2D eigenvalue weighted by molar-refractivity contribution is -0.115. The summed E-state index contributed by atoms with van der Waals surface area (Å²) in [7, 11) is 0. The summed E-state index contributed by atoms with van der Waals surface area (Å²) < 4.78 is 0. The quantitative estimate of drug-likeness (QED) is 0.748. The number of hydrogen-bond acceptors (Lipinski definition) is 3. The molecule has 132 valence electrons. The number of rotatable bonds is 8. The third kappa shape index (κ3) is 4.73.